The number of hydrogen-bond donors (Lipinski definition) is 1. The van der Waals surface area contributed by atoms with Crippen molar-refractivity contribution in [2.45, 2.75) is 4.90 Å². The van der Waals surface area contributed by atoms with Crippen LogP contribution >= 0.6 is 11.6 Å². The van der Waals surface area contributed by atoms with E-state index in [1.807, 2.05) is 0 Å². The van der Waals surface area contributed by atoms with Crippen LogP contribution in [0.1, 0.15) is 15.9 Å². The first-order chi connectivity index (χ1) is 14.9. The van der Waals surface area contributed by atoms with E-state index in [1.54, 1.807) is 55.6 Å². The Bertz CT molecular complexity index is 1310. The molecule has 0 saturated carbocycles. The van der Waals surface area contributed by atoms with Gasteiger partial charge in [0, 0.05) is 21.8 Å². The van der Waals surface area contributed by atoms with Crippen molar-refractivity contribution < 1.29 is 17.9 Å². The Morgan fingerprint density at radius 3 is 2.19 bits per heavy atom. The third kappa shape index (κ3) is 4.38. The number of fused-ring (bicyclic) bond motifs is 1. The fraction of sp³-hybridized carbons (Fsp3) is 0.0435. The Kier molecular flexibility index (Phi) is 5.63. The van der Waals surface area contributed by atoms with Crippen LogP contribution < -0.4 is 10.1 Å². The second-order valence-corrected chi connectivity index (χ2v) is 8.73. The number of rotatable bonds is 5. The van der Waals surface area contributed by atoms with Crippen LogP contribution in [-0.4, -0.2) is 27.0 Å². The Morgan fingerprint density at radius 2 is 1.55 bits per heavy atom. The molecule has 0 amide bonds. The summed E-state index contributed by atoms with van der Waals surface area (Å²) in [6.07, 6.45) is 1.45. The Labute approximate surface area is 184 Å². The van der Waals surface area contributed by atoms with E-state index in [2.05, 4.69) is 9.71 Å². The molecule has 0 unspecified atom stereocenters. The molecule has 0 aliphatic heterocycles. The van der Waals surface area contributed by atoms with E-state index in [-0.39, 0.29) is 22.1 Å². The standard InChI is InChI=1S/C23H17ClN2O4S/c1-30-17-10-8-16(9-11-17)25-22-14-21(19-4-2-3-5-20(19)23(22)27)26-31(28,29)18-12-6-15(24)7-13-18/h2-14,25H,1H3/b26-21-. The highest BCUT2D eigenvalue weighted by molar-refractivity contribution is 7.90. The first-order valence-corrected chi connectivity index (χ1v) is 11.1. The number of ketones is 1. The Hall–Kier alpha value is -3.42. The molecule has 1 N–H and O–H groups in total. The van der Waals surface area contributed by atoms with E-state index in [1.165, 1.54) is 30.3 Å². The first kappa shape index (κ1) is 20.8. The minimum Gasteiger partial charge on any atom is -0.497 e. The van der Waals surface area contributed by atoms with Gasteiger partial charge in [0.2, 0.25) is 5.78 Å². The van der Waals surface area contributed by atoms with Gasteiger partial charge in [0.05, 0.1) is 23.4 Å². The molecular formula is C23H17ClN2O4S. The van der Waals surface area contributed by atoms with Crippen molar-refractivity contribution in [3.8, 4) is 5.75 Å². The predicted octanol–water partition coefficient (Wildman–Crippen LogP) is 4.72. The minimum atomic E-state index is -4.01. The number of carbonyl (C=O) groups excluding carboxylic acids is 1. The van der Waals surface area contributed by atoms with Crippen molar-refractivity contribution >= 4 is 38.8 Å². The molecule has 6 nitrogen and oxygen atoms in total. The maximum absolute atomic E-state index is 13.0. The number of Topliss-reactive ketones (excluding diaryl/α,β-unsaturated/α-hetero) is 1. The van der Waals surface area contributed by atoms with Crippen molar-refractivity contribution in [2.24, 2.45) is 4.40 Å². The van der Waals surface area contributed by atoms with Gasteiger partial charge in [-0.1, -0.05) is 35.9 Å². The van der Waals surface area contributed by atoms with Crippen LogP contribution in [0.5, 0.6) is 5.75 Å². The predicted molar refractivity (Wildman–Crippen MR) is 121 cm³/mol. The molecule has 0 bridgehead atoms. The maximum Gasteiger partial charge on any atom is 0.282 e. The molecule has 0 atom stereocenters. The van der Waals surface area contributed by atoms with Gasteiger partial charge in [-0.2, -0.15) is 12.8 Å². The number of carbonyl (C=O) groups is 1. The van der Waals surface area contributed by atoms with E-state index in [9.17, 15) is 13.2 Å². The van der Waals surface area contributed by atoms with Gasteiger partial charge in [0.1, 0.15) is 5.75 Å². The zero-order chi connectivity index (χ0) is 22.0. The lowest BCUT2D eigenvalue weighted by Gasteiger charge is -2.19. The lowest BCUT2D eigenvalue weighted by atomic mass is 9.92. The summed E-state index contributed by atoms with van der Waals surface area (Å²) in [5, 5.41) is 3.47. The SMILES string of the molecule is COc1ccc(NC2=C/C(=N/S(=O)(=O)c3ccc(Cl)cc3)c3ccccc3C2=O)cc1. The summed E-state index contributed by atoms with van der Waals surface area (Å²) in [7, 11) is -2.45. The van der Waals surface area contributed by atoms with Crippen LogP contribution in [-0.2, 0) is 10.0 Å². The molecule has 3 aromatic carbocycles. The van der Waals surface area contributed by atoms with Gasteiger partial charge in [-0.15, -0.1) is 0 Å². The summed E-state index contributed by atoms with van der Waals surface area (Å²) in [6, 6.07) is 19.5. The Balaban J connectivity index is 1.77. The van der Waals surface area contributed by atoms with Crippen molar-refractivity contribution in [3.63, 3.8) is 0 Å². The number of nitrogens with zero attached hydrogens (tertiary/aromatic N) is 1. The van der Waals surface area contributed by atoms with Crippen LogP contribution in [0.3, 0.4) is 0 Å². The van der Waals surface area contributed by atoms with Crippen LogP contribution in [0.25, 0.3) is 0 Å². The number of methoxy groups -OCH3 is 1. The second-order valence-electron chi connectivity index (χ2n) is 6.69. The van der Waals surface area contributed by atoms with Crippen LogP contribution in [0.15, 0.2) is 93.9 Å². The molecule has 4 rings (SSSR count). The van der Waals surface area contributed by atoms with Crippen LogP contribution in [0, 0.1) is 0 Å². The summed E-state index contributed by atoms with van der Waals surface area (Å²) in [5.41, 5.74) is 1.85. The number of ether oxygens (including phenoxy) is 1. The topological polar surface area (TPSA) is 84.8 Å². The molecule has 3 aromatic rings. The van der Waals surface area contributed by atoms with Crippen LogP contribution in [0.4, 0.5) is 5.69 Å². The van der Waals surface area contributed by atoms with E-state index in [4.69, 9.17) is 16.3 Å². The molecule has 31 heavy (non-hydrogen) atoms. The van der Waals surface area contributed by atoms with E-state index < -0.39 is 10.0 Å². The molecule has 0 heterocycles. The fourth-order valence-corrected chi connectivity index (χ4v) is 4.24. The van der Waals surface area contributed by atoms with Gasteiger partial charge in [0.25, 0.3) is 10.0 Å². The summed E-state index contributed by atoms with van der Waals surface area (Å²) >= 11 is 5.86. The number of sulfonamides is 1. The number of anilines is 1. The number of nitrogens with one attached hydrogen (secondary N) is 1. The number of hydrogen-bond acceptors (Lipinski definition) is 5. The molecule has 0 radical (unpaired) electrons. The second kappa shape index (κ2) is 8.37. The van der Waals surface area contributed by atoms with Crippen LogP contribution in [0.2, 0.25) is 5.02 Å². The summed E-state index contributed by atoms with van der Waals surface area (Å²) in [5.74, 6) is 0.422. The Morgan fingerprint density at radius 1 is 0.903 bits per heavy atom. The number of halogens is 1. The van der Waals surface area contributed by atoms with Crippen molar-refractivity contribution in [1.82, 2.24) is 0 Å². The molecule has 0 saturated heterocycles. The van der Waals surface area contributed by atoms with Crippen molar-refractivity contribution in [2.75, 3.05) is 12.4 Å². The monoisotopic (exact) mass is 452 g/mol. The maximum atomic E-state index is 13.0. The highest BCUT2D eigenvalue weighted by atomic mass is 35.5. The van der Waals surface area contributed by atoms with Gasteiger partial charge < -0.3 is 10.1 Å². The lowest BCUT2D eigenvalue weighted by Crippen LogP contribution is -2.22. The molecule has 0 spiro atoms. The molecule has 0 aromatic heterocycles. The third-order valence-electron chi connectivity index (χ3n) is 4.67. The molecule has 1 aliphatic rings. The van der Waals surface area contributed by atoms with Crippen molar-refractivity contribution in [1.29, 1.82) is 0 Å². The zero-order valence-corrected chi connectivity index (χ0v) is 17.9. The van der Waals surface area contributed by atoms with Gasteiger partial charge in [-0.05, 0) is 54.6 Å². The average molecular weight is 453 g/mol. The van der Waals surface area contributed by atoms with Gasteiger partial charge >= 0.3 is 0 Å². The molecular weight excluding hydrogens is 436 g/mol. The van der Waals surface area contributed by atoms with E-state index in [0.29, 0.717) is 27.6 Å². The summed E-state index contributed by atoms with van der Waals surface area (Å²) in [6.45, 7) is 0. The number of allylic oxidation sites excluding steroid dienone is 2. The minimum absolute atomic E-state index is 0.0110. The van der Waals surface area contributed by atoms with E-state index >= 15 is 0 Å². The zero-order valence-electron chi connectivity index (χ0n) is 16.4. The average Bonchev–Trinajstić information content (AvgIpc) is 2.77. The molecule has 0 fully saturated rings. The number of benzene rings is 3. The van der Waals surface area contributed by atoms with Crippen molar-refractivity contribution in [3.05, 3.63) is 101 Å². The summed E-state index contributed by atoms with van der Waals surface area (Å²) < 4.78 is 34.9. The fourth-order valence-electron chi connectivity index (χ4n) is 3.12. The largest absolute Gasteiger partial charge is 0.497 e. The normalized spacial score (nSPS) is 14.7. The summed E-state index contributed by atoms with van der Waals surface area (Å²) in [4.78, 5) is 13.0. The van der Waals surface area contributed by atoms with Gasteiger partial charge in [-0.3, -0.25) is 4.79 Å². The lowest BCUT2D eigenvalue weighted by molar-refractivity contribution is 0.103. The highest BCUT2D eigenvalue weighted by Gasteiger charge is 2.26. The molecule has 8 heteroatoms. The van der Waals surface area contributed by atoms with E-state index in [0.717, 1.165) is 0 Å². The smallest absolute Gasteiger partial charge is 0.282 e. The van der Waals surface area contributed by atoms with Gasteiger partial charge in [0.15, 0.2) is 0 Å². The quantitative estimate of drug-likeness (QED) is 0.605. The molecule has 156 valence electrons. The molecule has 1 aliphatic carbocycles. The van der Waals surface area contributed by atoms with Gasteiger partial charge in [-0.25, -0.2) is 0 Å². The highest BCUT2D eigenvalue weighted by Crippen LogP contribution is 2.26. The first-order valence-electron chi connectivity index (χ1n) is 9.25. The third-order valence-corrected chi connectivity index (χ3v) is 6.23.